The van der Waals surface area contributed by atoms with E-state index in [9.17, 15) is 4.79 Å². The molecular weight excluding hydrogens is 158 g/mol. The van der Waals surface area contributed by atoms with Crippen molar-refractivity contribution in [1.29, 1.82) is 0 Å². The number of rotatable bonds is 4. The summed E-state index contributed by atoms with van der Waals surface area (Å²) in [7, 11) is 0. The summed E-state index contributed by atoms with van der Waals surface area (Å²) in [5.41, 5.74) is -0.332. The Bertz CT molecular complexity index is 151. The fourth-order valence-corrected chi connectivity index (χ4v) is 0.973. The van der Waals surface area contributed by atoms with Gasteiger partial charge in [-0.3, -0.25) is 4.79 Å². The van der Waals surface area contributed by atoms with Gasteiger partial charge in [0.15, 0.2) is 0 Å². The van der Waals surface area contributed by atoms with Gasteiger partial charge in [-0.2, -0.15) is 0 Å². The van der Waals surface area contributed by atoms with Crippen molar-refractivity contribution >= 4 is 5.97 Å². The van der Waals surface area contributed by atoms with Crippen LogP contribution in [-0.4, -0.2) is 35.4 Å². The Balaban J connectivity index is 4.15. The fraction of sp³-hybridized carbons (Fsp3) is 0.875. The van der Waals surface area contributed by atoms with Crippen molar-refractivity contribution in [2.75, 3.05) is 13.2 Å². The van der Waals surface area contributed by atoms with E-state index in [0.29, 0.717) is 6.54 Å². The first-order chi connectivity index (χ1) is 5.39. The summed E-state index contributed by atoms with van der Waals surface area (Å²) in [5.74, 6) is -0.879. The highest BCUT2D eigenvalue weighted by atomic mass is 16.4. The molecule has 0 heterocycles. The number of hydrogen-bond donors (Lipinski definition) is 3. The Hall–Kier alpha value is -0.610. The Morgan fingerprint density at radius 3 is 2.25 bits per heavy atom. The van der Waals surface area contributed by atoms with E-state index in [1.807, 2.05) is 20.8 Å². The first kappa shape index (κ1) is 11.4. The second-order valence-corrected chi connectivity index (χ2v) is 3.82. The van der Waals surface area contributed by atoms with Crippen LogP contribution in [0.1, 0.15) is 20.8 Å². The minimum Gasteiger partial charge on any atom is -0.480 e. The monoisotopic (exact) mass is 175 g/mol. The molecule has 0 saturated carbocycles. The Morgan fingerprint density at radius 2 is 2.00 bits per heavy atom. The number of hydrogen-bond acceptors (Lipinski definition) is 3. The maximum absolute atomic E-state index is 10.7. The predicted molar refractivity (Wildman–Crippen MR) is 46.0 cm³/mol. The number of aliphatic hydroxyl groups is 1. The molecule has 1 atom stereocenters. The highest BCUT2D eigenvalue weighted by molar-refractivity contribution is 5.74. The average Bonchev–Trinajstić information content (AvgIpc) is 1.84. The number of aliphatic carboxylic acids is 1. The van der Waals surface area contributed by atoms with Gasteiger partial charge in [0.2, 0.25) is 0 Å². The lowest BCUT2D eigenvalue weighted by Crippen LogP contribution is -2.47. The topological polar surface area (TPSA) is 69.6 Å². The van der Waals surface area contributed by atoms with Crippen molar-refractivity contribution < 1.29 is 15.0 Å². The molecule has 0 aromatic rings. The van der Waals surface area contributed by atoms with Gasteiger partial charge in [-0.25, -0.2) is 0 Å². The Labute approximate surface area is 72.6 Å². The van der Waals surface area contributed by atoms with Crippen LogP contribution in [-0.2, 0) is 4.79 Å². The van der Waals surface area contributed by atoms with Crippen LogP contribution in [0.3, 0.4) is 0 Å². The van der Waals surface area contributed by atoms with Crippen molar-refractivity contribution in [3.05, 3.63) is 0 Å². The van der Waals surface area contributed by atoms with E-state index < -0.39 is 12.0 Å². The summed E-state index contributed by atoms with van der Waals surface area (Å²) >= 11 is 0. The quantitative estimate of drug-likeness (QED) is 0.565. The smallest absolute Gasteiger partial charge is 0.321 e. The van der Waals surface area contributed by atoms with Crippen LogP contribution in [0.25, 0.3) is 0 Å². The molecular formula is C8H17NO3. The molecule has 4 nitrogen and oxygen atoms in total. The molecule has 0 spiro atoms. The van der Waals surface area contributed by atoms with Crippen molar-refractivity contribution in [3.8, 4) is 0 Å². The number of aliphatic hydroxyl groups excluding tert-OH is 1. The van der Waals surface area contributed by atoms with Gasteiger partial charge >= 0.3 is 5.97 Å². The fourth-order valence-electron chi connectivity index (χ4n) is 0.973. The molecule has 0 aromatic heterocycles. The summed E-state index contributed by atoms with van der Waals surface area (Å²) in [6.07, 6.45) is 0. The van der Waals surface area contributed by atoms with E-state index in [-0.39, 0.29) is 12.0 Å². The second-order valence-electron chi connectivity index (χ2n) is 3.82. The van der Waals surface area contributed by atoms with E-state index >= 15 is 0 Å². The van der Waals surface area contributed by atoms with E-state index in [1.54, 1.807) is 0 Å². The van der Waals surface area contributed by atoms with Crippen molar-refractivity contribution in [1.82, 2.24) is 5.32 Å². The number of nitrogens with one attached hydrogen (secondary N) is 1. The summed E-state index contributed by atoms with van der Waals surface area (Å²) in [5, 5.41) is 20.1. The van der Waals surface area contributed by atoms with Gasteiger partial charge in [-0.15, -0.1) is 0 Å². The molecule has 0 rings (SSSR count). The molecule has 0 aliphatic rings. The van der Waals surface area contributed by atoms with Crippen LogP contribution < -0.4 is 5.32 Å². The van der Waals surface area contributed by atoms with Gasteiger partial charge in [0.05, 0.1) is 6.61 Å². The van der Waals surface area contributed by atoms with Crippen molar-refractivity contribution in [2.24, 2.45) is 5.41 Å². The lowest BCUT2D eigenvalue weighted by Gasteiger charge is -2.27. The van der Waals surface area contributed by atoms with Gasteiger partial charge in [-0.05, 0) is 5.41 Å². The highest BCUT2D eigenvalue weighted by Crippen LogP contribution is 2.18. The minimum atomic E-state index is -0.879. The first-order valence-electron chi connectivity index (χ1n) is 3.96. The van der Waals surface area contributed by atoms with E-state index in [2.05, 4.69) is 5.32 Å². The third-order valence-corrected chi connectivity index (χ3v) is 1.57. The normalized spacial score (nSPS) is 14.3. The van der Waals surface area contributed by atoms with Crippen molar-refractivity contribution in [2.45, 2.75) is 26.8 Å². The molecule has 0 aliphatic carbocycles. The molecule has 0 bridgehead atoms. The number of carboxylic acid groups (broad SMARTS) is 1. The number of carbonyl (C=O) groups is 1. The zero-order valence-electron chi connectivity index (χ0n) is 7.79. The molecule has 12 heavy (non-hydrogen) atoms. The molecule has 0 fully saturated rings. The second kappa shape index (κ2) is 4.42. The van der Waals surface area contributed by atoms with Crippen LogP contribution in [0.4, 0.5) is 0 Å². The zero-order chi connectivity index (χ0) is 9.78. The largest absolute Gasteiger partial charge is 0.480 e. The lowest BCUT2D eigenvalue weighted by molar-refractivity contribution is -0.142. The molecule has 1 unspecified atom stereocenters. The standard InChI is InChI=1S/C8H17NO3/c1-8(2,3)6(7(11)12)9-4-5-10/h6,9-10H,4-5H2,1-3H3,(H,11,12). The lowest BCUT2D eigenvalue weighted by atomic mass is 9.87. The van der Waals surface area contributed by atoms with Gasteiger partial charge < -0.3 is 15.5 Å². The van der Waals surface area contributed by atoms with Gasteiger partial charge in [0, 0.05) is 6.54 Å². The van der Waals surface area contributed by atoms with Crippen LogP contribution in [0.5, 0.6) is 0 Å². The first-order valence-corrected chi connectivity index (χ1v) is 3.96. The predicted octanol–water partition coefficient (Wildman–Crippen LogP) is 0.0676. The van der Waals surface area contributed by atoms with Crippen LogP contribution in [0, 0.1) is 5.41 Å². The zero-order valence-corrected chi connectivity index (χ0v) is 7.79. The maximum atomic E-state index is 10.7. The molecule has 0 aromatic carbocycles. The highest BCUT2D eigenvalue weighted by Gasteiger charge is 2.30. The average molecular weight is 175 g/mol. The summed E-state index contributed by atoms with van der Waals surface area (Å²) in [6, 6.07) is -0.607. The van der Waals surface area contributed by atoms with Crippen LogP contribution in [0.15, 0.2) is 0 Å². The molecule has 3 N–H and O–H groups in total. The molecule has 4 heteroatoms. The van der Waals surface area contributed by atoms with E-state index in [4.69, 9.17) is 10.2 Å². The SMILES string of the molecule is CC(C)(C)C(NCCO)C(=O)O. The molecule has 72 valence electrons. The van der Waals surface area contributed by atoms with Gasteiger partial charge in [-0.1, -0.05) is 20.8 Å². The molecule has 0 radical (unpaired) electrons. The minimum absolute atomic E-state index is 0.0418. The van der Waals surface area contributed by atoms with Crippen LogP contribution in [0.2, 0.25) is 0 Å². The maximum Gasteiger partial charge on any atom is 0.321 e. The molecule has 0 amide bonds. The Morgan fingerprint density at radius 1 is 1.50 bits per heavy atom. The Kier molecular flexibility index (Phi) is 4.20. The van der Waals surface area contributed by atoms with E-state index in [0.717, 1.165) is 0 Å². The number of carboxylic acids is 1. The van der Waals surface area contributed by atoms with Crippen molar-refractivity contribution in [3.63, 3.8) is 0 Å². The third-order valence-electron chi connectivity index (χ3n) is 1.57. The van der Waals surface area contributed by atoms with Gasteiger partial charge in [0.1, 0.15) is 6.04 Å². The molecule has 0 aliphatic heterocycles. The molecule has 0 saturated heterocycles. The van der Waals surface area contributed by atoms with Gasteiger partial charge in [0.25, 0.3) is 0 Å². The third kappa shape index (κ3) is 3.69. The summed E-state index contributed by atoms with van der Waals surface area (Å²) in [6.45, 7) is 5.80. The summed E-state index contributed by atoms with van der Waals surface area (Å²) in [4.78, 5) is 10.7. The van der Waals surface area contributed by atoms with Crippen LogP contribution >= 0.6 is 0 Å². The summed E-state index contributed by atoms with van der Waals surface area (Å²) < 4.78 is 0. The van der Waals surface area contributed by atoms with E-state index in [1.165, 1.54) is 0 Å².